The van der Waals surface area contributed by atoms with E-state index in [1.54, 1.807) is 0 Å². The molecule has 0 spiro atoms. The van der Waals surface area contributed by atoms with Crippen LogP contribution < -0.4 is 0 Å². The first-order chi connectivity index (χ1) is 10.8. The molecule has 9 atom stereocenters. The van der Waals surface area contributed by atoms with Gasteiger partial charge in [-0.2, -0.15) is 0 Å². The molecule has 0 aliphatic carbocycles. The summed E-state index contributed by atoms with van der Waals surface area (Å²) in [7, 11) is 0. The van der Waals surface area contributed by atoms with Gasteiger partial charge in [0.1, 0.15) is 49.3 Å². The Hall–Kier alpha value is -0.110. The Morgan fingerprint density at radius 3 is 2.04 bits per heavy atom. The molecule has 0 bridgehead atoms. The first kappa shape index (κ1) is 19.2. The minimum Gasteiger partial charge on any atom is -0.394 e. The lowest BCUT2D eigenvalue weighted by molar-refractivity contribution is -0.382. The van der Waals surface area contributed by atoms with Crippen molar-refractivity contribution >= 4 is 11.6 Å². The van der Waals surface area contributed by atoms with Gasteiger partial charge in [-0.15, -0.1) is 11.6 Å². The fraction of sp³-hybridized carbons (Fsp3) is 1.00. The molecule has 10 nitrogen and oxygen atoms in total. The van der Waals surface area contributed by atoms with Crippen molar-refractivity contribution in [3.05, 3.63) is 0 Å². The second kappa shape index (κ2) is 7.42. The lowest BCUT2D eigenvalue weighted by atomic mass is 9.99. The lowest BCUT2D eigenvalue weighted by Gasteiger charge is -2.43. The molecular weight excluding hydrogens is 340 g/mol. The molecule has 136 valence electrons. The van der Waals surface area contributed by atoms with Crippen molar-refractivity contribution in [2.24, 2.45) is 0 Å². The van der Waals surface area contributed by atoms with E-state index in [2.05, 4.69) is 0 Å². The zero-order chi connectivity index (χ0) is 17.4. The van der Waals surface area contributed by atoms with Gasteiger partial charge in [0.25, 0.3) is 0 Å². The van der Waals surface area contributed by atoms with Crippen LogP contribution in [-0.2, 0) is 14.2 Å². The van der Waals surface area contributed by atoms with E-state index in [0.717, 1.165) is 0 Å². The predicted molar refractivity (Wildman–Crippen MR) is 72.3 cm³/mol. The molecule has 0 aromatic rings. The van der Waals surface area contributed by atoms with Crippen molar-refractivity contribution in [3.8, 4) is 0 Å². The minimum atomic E-state index is -2.15. The zero-order valence-electron chi connectivity index (χ0n) is 12.0. The maximum absolute atomic E-state index is 10.1. The van der Waals surface area contributed by atoms with E-state index in [1.165, 1.54) is 0 Å². The number of alkyl halides is 1. The Kier molecular flexibility index (Phi) is 6.20. The average Bonchev–Trinajstić information content (AvgIpc) is 2.80. The predicted octanol–water partition coefficient (Wildman–Crippen LogP) is -4.15. The fourth-order valence-corrected chi connectivity index (χ4v) is 2.85. The van der Waals surface area contributed by atoms with Crippen LogP contribution in [0, 0.1) is 0 Å². The summed E-state index contributed by atoms with van der Waals surface area (Å²) in [6.07, 6.45) is -12.1. The fourth-order valence-electron chi connectivity index (χ4n) is 2.61. The summed E-state index contributed by atoms with van der Waals surface area (Å²) in [6.45, 7) is -1.58. The summed E-state index contributed by atoms with van der Waals surface area (Å²) in [5.41, 5.74) is 0. The largest absolute Gasteiger partial charge is 0.394 e. The molecule has 2 aliphatic heterocycles. The molecule has 2 aliphatic rings. The van der Waals surface area contributed by atoms with Crippen molar-refractivity contribution < 1.29 is 50.0 Å². The van der Waals surface area contributed by atoms with Gasteiger partial charge >= 0.3 is 0 Å². The molecule has 2 fully saturated rings. The standard InChI is InChI=1S/C12H21ClO10/c13-1-4-7(17)10(20)12(3-15,22-4)23-11-9(19)8(18)6(16)5(2-14)21-11/h4-11,14-20H,1-3H2/t4-,5-,6-,7-,8+,9-,10+,11-,12+/m1/s1. The molecule has 0 amide bonds. The van der Waals surface area contributed by atoms with Crippen LogP contribution >= 0.6 is 11.6 Å². The van der Waals surface area contributed by atoms with E-state index in [0.29, 0.717) is 0 Å². The Morgan fingerprint density at radius 1 is 0.913 bits per heavy atom. The molecule has 2 saturated heterocycles. The van der Waals surface area contributed by atoms with E-state index in [-0.39, 0.29) is 5.88 Å². The maximum Gasteiger partial charge on any atom is 0.224 e. The third-order valence-electron chi connectivity index (χ3n) is 4.04. The quantitative estimate of drug-likeness (QED) is 0.239. The third-order valence-corrected chi connectivity index (χ3v) is 4.35. The van der Waals surface area contributed by atoms with Gasteiger partial charge in [-0.25, -0.2) is 0 Å². The van der Waals surface area contributed by atoms with Crippen LogP contribution in [-0.4, -0.2) is 110 Å². The van der Waals surface area contributed by atoms with Crippen molar-refractivity contribution in [3.63, 3.8) is 0 Å². The van der Waals surface area contributed by atoms with E-state index in [9.17, 15) is 30.6 Å². The number of ether oxygens (including phenoxy) is 3. The number of hydrogen-bond acceptors (Lipinski definition) is 10. The number of rotatable bonds is 5. The topological polar surface area (TPSA) is 169 Å². The highest BCUT2D eigenvalue weighted by Gasteiger charge is 2.58. The van der Waals surface area contributed by atoms with Crippen molar-refractivity contribution in [1.82, 2.24) is 0 Å². The van der Waals surface area contributed by atoms with Gasteiger partial charge in [-0.1, -0.05) is 0 Å². The van der Waals surface area contributed by atoms with Gasteiger partial charge < -0.3 is 50.0 Å². The molecule has 23 heavy (non-hydrogen) atoms. The first-order valence-electron chi connectivity index (χ1n) is 7.00. The number of aliphatic hydroxyl groups excluding tert-OH is 7. The minimum absolute atomic E-state index is 0.196. The molecule has 0 radical (unpaired) electrons. The molecule has 0 aromatic carbocycles. The lowest BCUT2D eigenvalue weighted by Crippen LogP contribution is -2.62. The second-order valence-corrected chi connectivity index (χ2v) is 5.84. The molecular formula is C12H21ClO10. The molecule has 0 saturated carbocycles. The average molecular weight is 361 g/mol. The van der Waals surface area contributed by atoms with E-state index in [4.69, 9.17) is 30.9 Å². The smallest absolute Gasteiger partial charge is 0.224 e. The summed E-state index contributed by atoms with van der Waals surface area (Å²) in [4.78, 5) is 0. The van der Waals surface area contributed by atoms with Crippen LogP contribution in [0.1, 0.15) is 0 Å². The Bertz CT molecular complexity index is 398. The van der Waals surface area contributed by atoms with Crippen LogP contribution in [0.15, 0.2) is 0 Å². The van der Waals surface area contributed by atoms with Crippen LogP contribution in [0.25, 0.3) is 0 Å². The zero-order valence-corrected chi connectivity index (χ0v) is 12.7. The van der Waals surface area contributed by atoms with Crippen molar-refractivity contribution in [2.45, 2.75) is 54.8 Å². The van der Waals surface area contributed by atoms with Crippen LogP contribution in [0.5, 0.6) is 0 Å². The highest BCUT2D eigenvalue weighted by molar-refractivity contribution is 6.18. The molecule has 2 rings (SSSR count). The van der Waals surface area contributed by atoms with Crippen molar-refractivity contribution in [2.75, 3.05) is 19.1 Å². The Labute approximate surface area is 136 Å². The van der Waals surface area contributed by atoms with Gasteiger partial charge in [0.15, 0.2) is 6.29 Å². The van der Waals surface area contributed by atoms with E-state index < -0.39 is 68.0 Å². The van der Waals surface area contributed by atoms with E-state index >= 15 is 0 Å². The second-order valence-electron chi connectivity index (χ2n) is 5.53. The summed E-state index contributed by atoms with van der Waals surface area (Å²) >= 11 is 5.59. The first-order valence-corrected chi connectivity index (χ1v) is 7.54. The maximum atomic E-state index is 10.1. The SMILES string of the molecule is OC[C@H]1O[C@H](O[C@]2(CO)O[C@H](CCl)[C@@H](O)[C@@H]2O)[C@H](O)[C@@H](O)[C@@H]1O. The number of halogens is 1. The summed E-state index contributed by atoms with van der Waals surface area (Å²) < 4.78 is 15.6. The number of aliphatic hydroxyl groups is 7. The molecule has 7 N–H and O–H groups in total. The van der Waals surface area contributed by atoms with Crippen LogP contribution in [0.4, 0.5) is 0 Å². The Balaban J connectivity index is 2.18. The highest BCUT2D eigenvalue weighted by atomic mass is 35.5. The Morgan fingerprint density at radius 2 is 1.57 bits per heavy atom. The molecule has 11 heteroatoms. The molecule has 2 heterocycles. The summed E-state index contributed by atoms with van der Waals surface area (Å²) in [5.74, 6) is -2.34. The van der Waals surface area contributed by atoms with Gasteiger partial charge in [-0.05, 0) is 0 Å². The highest BCUT2D eigenvalue weighted by Crippen LogP contribution is 2.36. The normalized spacial score (nSPS) is 51.1. The van der Waals surface area contributed by atoms with Crippen LogP contribution in [0.3, 0.4) is 0 Å². The van der Waals surface area contributed by atoms with Crippen molar-refractivity contribution in [1.29, 1.82) is 0 Å². The van der Waals surface area contributed by atoms with Gasteiger partial charge in [0.2, 0.25) is 5.79 Å². The summed E-state index contributed by atoms with van der Waals surface area (Å²) in [6, 6.07) is 0. The van der Waals surface area contributed by atoms with Gasteiger partial charge in [-0.3, -0.25) is 0 Å². The number of hydrogen-bond donors (Lipinski definition) is 7. The molecule has 0 aromatic heterocycles. The molecule has 0 unspecified atom stereocenters. The monoisotopic (exact) mass is 360 g/mol. The van der Waals surface area contributed by atoms with Gasteiger partial charge in [0, 0.05) is 0 Å². The van der Waals surface area contributed by atoms with E-state index in [1.807, 2.05) is 0 Å². The summed E-state index contributed by atoms with van der Waals surface area (Å²) in [5, 5.41) is 67.8. The van der Waals surface area contributed by atoms with Crippen LogP contribution in [0.2, 0.25) is 0 Å². The van der Waals surface area contributed by atoms with Gasteiger partial charge in [0.05, 0.1) is 12.5 Å². The third kappa shape index (κ3) is 3.34.